The second-order valence-electron chi connectivity index (χ2n) is 6.85. The van der Waals surface area contributed by atoms with Gasteiger partial charge in [-0.2, -0.15) is 0 Å². The summed E-state index contributed by atoms with van der Waals surface area (Å²) < 4.78 is 43.5. The molecule has 0 aliphatic rings. The van der Waals surface area contributed by atoms with Crippen molar-refractivity contribution in [3.8, 4) is 17.2 Å². The van der Waals surface area contributed by atoms with Gasteiger partial charge in [0, 0.05) is 11.8 Å². The van der Waals surface area contributed by atoms with Gasteiger partial charge in [-0.25, -0.2) is 8.42 Å². The fourth-order valence-corrected chi connectivity index (χ4v) is 3.86. The van der Waals surface area contributed by atoms with E-state index >= 15 is 0 Å². The number of ether oxygens (including phenoxy) is 3. The summed E-state index contributed by atoms with van der Waals surface area (Å²) in [7, 11) is -0.718. The highest BCUT2D eigenvalue weighted by molar-refractivity contribution is 7.92. The molecule has 0 aliphatic heterocycles. The van der Waals surface area contributed by atoms with Gasteiger partial charge in [0.05, 0.1) is 24.8 Å². The normalized spacial score (nSPS) is 10.8. The molecule has 168 valence electrons. The largest absolute Gasteiger partial charge is 0.497 e. The zero-order valence-electron chi connectivity index (χ0n) is 17.9. The van der Waals surface area contributed by atoms with Crippen LogP contribution in [0.4, 0.5) is 11.4 Å². The maximum absolute atomic E-state index is 12.5. The van der Waals surface area contributed by atoms with Crippen molar-refractivity contribution in [3.05, 3.63) is 72.3 Å². The number of carbonyl (C=O) groups is 1. The van der Waals surface area contributed by atoms with E-state index in [1.54, 1.807) is 30.3 Å². The molecule has 9 heteroatoms. The minimum Gasteiger partial charge on any atom is -0.497 e. The van der Waals surface area contributed by atoms with Crippen molar-refractivity contribution >= 4 is 27.3 Å². The molecule has 3 rings (SSSR count). The Hall–Kier alpha value is -3.72. The molecule has 0 aromatic heterocycles. The third-order valence-electron chi connectivity index (χ3n) is 4.49. The molecule has 0 saturated carbocycles. The van der Waals surface area contributed by atoms with Gasteiger partial charge in [-0.15, -0.1) is 0 Å². The molecule has 3 aromatic carbocycles. The van der Waals surface area contributed by atoms with E-state index in [1.165, 1.54) is 38.5 Å². The molecule has 1 amide bonds. The summed E-state index contributed by atoms with van der Waals surface area (Å²) in [5.74, 6) is 0.995. The summed E-state index contributed by atoms with van der Waals surface area (Å²) in [6, 6.07) is 17.9. The molecule has 2 N–H and O–H groups in total. The van der Waals surface area contributed by atoms with Crippen LogP contribution in [0.3, 0.4) is 0 Å². The minimum atomic E-state index is -3.74. The van der Waals surface area contributed by atoms with Crippen LogP contribution in [0.2, 0.25) is 0 Å². The topological polar surface area (TPSA) is 103 Å². The van der Waals surface area contributed by atoms with Crippen molar-refractivity contribution in [1.29, 1.82) is 0 Å². The van der Waals surface area contributed by atoms with Crippen LogP contribution in [0, 0.1) is 6.92 Å². The van der Waals surface area contributed by atoms with Gasteiger partial charge in [-0.05, 0) is 55.5 Å². The molecule has 0 bridgehead atoms. The molecule has 8 nitrogen and oxygen atoms in total. The Balaban J connectivity index is 1.60. The predicted octanol–water partition coefficient (Wildman–Crippen LogP) is 3.83. The Bertz CT molecular complexity index is 1180. The molecule has 0 aliphatic carbocycles. The van der Waals surface area contributed by atoms with E-state index in [0.29, 0.717) is 28.6 Å². The van der Waals surface area contributed by atoms with E-state index in [2.05, 4.69) is 10.0 Å². The molecule has 0 heterocycles. The first kappa shape index (κ1) is 23.0. The van der Waals surface area contributed by atoms with Crippen LogP contribution >= 0.6 is 0 Å². The second kappa shape index (κ2) is 10.1. The minimum absolute atomic E-state index is 0.0796. The van der Waals surface area contributed by atoms with Gasteiger partial charge in [0.1, 0.15) is 17.2 Å². The molecule has 32 heavy (non-hydrogen) atoms. The van der Waals surface area contributed by atoms with Crippen LogP contribution in [0.15, 0.2) is 71.6 Å². The van der Waals surface area contributed by atoms with Crippen LogP contribution < -0.4 is 24.2 Å². The SMILES string of the molecule is COc1ccc(OC)c(NC(=O)COc2ccc(S(=O)(=O)Nc3ccc(C)cc3)cc2)c1. The molecule has 0 saturated heterocycles. The van der Waals surface area contributed by atoms with E-state index in [0.717, 1.165) is 5.56 Å². The first-order valence-electron chi connectivity index (χ1n) is 9.65. The average Bonchev–Trinajstić information content (AvgIpc) is 2.79. The Morgan fingerprint density at radius 3 is 2.16 bits per heavy atom. The summed E-state index contributed by atoms with van der Waals surface area (Å²) in [4.78, 5) is 12.3. The molecule has 0 atom stereocenters. The van der Waals surface area contributed by atoms with Gasteiger partial charge in [0.25, 0.3) is 15.9 Å². The number of hydrogen-bond acceptors (Lipinski definition) is 6. The first-order valence-corrected chi connectivity index (χ1v) is 11.1. The van der Waals surface area contributed by atoms with Crippen LogP contribution in [0.25, 0.3) is 0 Å². The van der Waals surface area contributed by atoms with Gasteiger partial charge >= 0.3 is 0 Å². The van der Waals surface area contributed by atoms with Crippen molar-refractivity contribution in [2.24, 2.45) is 0 Å². The zero-order valence-corrected chi connectivity index (χ0v) is 18.7. The fourth-order valence-electron chi connectivity index (χ4n) is 2.80. The van der Waals surface area contributed by atoms with Crippen molar-refractivity contribution in [2.45, 2.75) is 11.8 Å². The maximum Gasteiger partial charge on any atom is 0.262 e. The lowest BCUT2D eigenvalue weighted by molar-refractivity contribution is -0.118. The average molecular weight is 457 g/mol. The van der Waals surface area contributed by atoms with E-state index in [-0.39, 0.29) is 11.5 Å². The molecule has 0 radical (unpaired) electrons. The highest BCUT2D eigenvalue weighted by Crippen LogP contribution is 2.29. The number of aryl methyl sites for hydroxylation is 1. The van der Waals surface area contributed by atoms with Crippen molar-refractivity contribution in [3.63, 3.8) is 0 Å². The van der Waals surface area contributed by atoms with Crippen molar-refractivity contribution in [2.75, 3.05) is 30.9 Å². The third-order valence-corrected chi connectivity index (χ3v) is 5.89. The highest BCUT2D eigenvalue weighted by Gasteiger charge is 2.15. The monoisotopic (exact) mass is 456 g/mol. The van der Waals surface area contributed by atoms with Crippen LogP contribution in [-0.2, 0) is 14.8 Å². The number of methoxy groups -OCH3 is 2. The Labute approximate surface area is 187 Å². The van der Waals surface area contributed by atoms with E-state index < -0.39 is 15.9 Å². The Morgan fingerprint density at radius 2 is 1.53 bits per heavy atom. The lowest BCUT2D eigenvalue weighted by Crippen LogP contribution is -2.20. The van der Waals surface area contributed by atoms with Crippen LogP contribution in [0.5, 0.6) is 17.2 Å². The Kier molecular flexibility index (Phi) is 7.21. The number of sulfonamides is 1. The quantitative estimate of drug-likeness (QED) is 0.507. The molecule has 3 aromatic rings. The van der Waals surface area contributed by atoms with Gasteiger partial charge in [0.2, 0.25) is 0 Å². The zero-order chi connectivity index (χ0) is 23.1. The summed E-state index contributed by atoms with van der Waals surface area (Å²) in [6.07, 6.45) is 0. The van der Waals surface area contributed by atoms with Gasteiger partial charge in [-0.1, -0.05) is 17.7 Å². The standard InChI is InChI=1S/C23H24N2O6S/c1-16-4-6-17(7-5-16)25-32(27,28)20-11-8-18(9-12-20)31-15-23(26)24-21-14-19(29-2)10-13-22(21)30-3/h4-14,25H,15H2,1-3H3,(H,24,26). The smallest absolute Gasteiger partial charge is 0.262 e. The summed E-state index contributed by atoms with van der Waals surface area (Å²) >= 11 is 0. The number of nitrogens with one attached hydrogen (secondary N) is 2. The predicted molar refractivity (Wildman–Crippen MR) is 122 cm³/mol. The number of carbonyl (C=O) groups excluding carboxylic acids is 1. The lowest BCUT2D eigenvalue weighted by atomic mass is 10.2. The molecular formula is C23H24N2O6S. The summed E-state index contributed by atoms with van der Waals surface area (Å²) in [5.41, 5.74) is 1.95. The van der Waals surface area contributed by atoms with E-state index in [1.807, 2.05) is 19.1 Å². The summed E-state index contributed by atoms with van der Waals surface area (Å²) in [5, 5.41) is 2.70. The second-order valence-corrected chi connectivity index (χ2v) is 8.53. The number of amides is 1. The van der Waals surface area contributed by atoms with Crippen LogP contribution in [-0.4, -0.2) is 35.2 Å². The Morgan fingerprint density at radius 1 is 0.875 bits per heavy atom. The number of rotatable bonds is 9. The first-order chi connectivity index (χ1) is 15.3. The van der Waals surface area contributed by atoms with E-state index in [4.69, 9.17) is 14.2 Å². The van der Waals surface area contributed by atoms with Gasteiger partial charge in [-0.3, -0.25) is 9.52 Å². The fraction of sp³-hybridized carbons (Fsp3) is 0.174. The van der Waals surface area contributed by atoms with Crippen LogP contribution in [0.1, 0.15) is 5.56 Å². The molecular weight excluding hydrogens is 432 g/mol. The number of benzene rings is 3. The van der Waals surface area contributed by atoms with Crippen molar-refractivity contribution < 1.29 is 27.4 Å². The molecule has 0 unspecified atom stereocenters. The highest BCUT2D eigenvalue weighted by atomic mass is 32.2. The van der Waals surface area contributed by atoms with Gasteiger partial charge in [0.15, 0.2) is 6.61 Å². The van der Waals surface area contributed by atoms with Gasteiger partial charge < -0.3 is 19.5 Å². The lowest BCUT2D eigenvalue weighted by Gasteiger charge is -2.12. The molecule has 0 spiro atoms. The number of anilines is 2. The van der Waals surface area contributed by atoms with Crippen molar-refractivity contribution in [1.82, 2.24) is 0 Å². The third kappa shape index (κ3) is 5.92. The maximum atomic E-state index is 12.5. The molecule has 0 fully saturated rings. The summed E-state index contributed by atoms with van der Waals surface area (Å²) in [6.45, 7) is 1.65. The van der Waals surface area contributed by atoms with E-state index in [9.17, 15) is 13.2 Å². The number of hydrogen-bond donors (Lipinski definition) is 2.